The topological polar surface area (TPSA) is 81.1 Å². The second-order valence-corrected chi connectivity index (χ2v) is 7.30. The zero-order valence-corrected chi connectivity index (χ0v) is 14.5. The molecular formula is C19H26N2O4. The maximum Gasteiger partial charge on any atom is 0.227 e. The lowest BCUT2D eigenvalue weighted by Crippen LogP contribution is -2.55. The van der Waals surface area contributed by atoms with Gasteiger partial charge in [-0.2, -0.15) is 0 Å². The van der Waals surface area contributed by atoms with Crippen LogP contribution in [0, 0.1) is 5.41 Å². The van der Waals surface area contributed by atoms with E-state index in [1.807, 2.05) is 4.90 Å². The van der Waals surface area contributed by atoms with Gasteiger partial charge in [-0.3, -0.25) is 9.59 Å². The van der Waals surface area contributed by atoms with Gasteiger partial charge in [-0.15, -0.1) is 0 Å². The Morgan fingerprint density at radius 3 is 2.64 bits per heavy atom. The van der Waals surface area contributed by atoms with E-state index in [2.05, 4.69) is 0 Å². The minimum absolute atomic E-state index is 0.0225. The highest BCUT2D eigenvalue weighted by Gasteiger charge is 2.42. The lowest BCUT2D eigenvalue weighted by molar-refractivity contribution is -0.143. The van der Waals surface area contributed by atoms with Gasteiger partial charge in [0.2, 0.25) is 11.8 Å². The van der Waals surface area contributed by atoms with Gasteiger partial charge in [-0.25, -0.2) is 0 Å². The van der Waals surface area contributed by atoms with Gasteiger partial charge in [-0.1, -0.05) is 12.1 Å². The van der Waals surface area contributed by atoms with E-state index in [9.17, 15) is 19.8 Å². The summed E-state index contributed by atoms with van der Waals surface area (Å²) in [4.78, 5) is 28.4. The number of amides is 2. The van der Waals surface area contributed by atoms with Gasteiger partial charge in [0.1, 0.15) is 5.75 Å². The van der Waals surface area contributed by atoms with E-state index in [1.165, 1.54) is 0 Å². The maximum atomic E-state index is 12.7. The third kappa shape index (κ3) is 4.12. The number of nitrogens with zero attached hydrogens (tertiary/aromatic N) is 2. The Labute approximate surface area is 148 Å². The summed E-state index contributed by atoms with van der Waals surface area (Å²) in [5, 5.41) is 18.5. The number of aliphatic hydroxyl groups is 1. The Morgan fingerprint density at radius 2 is 1.92 bits per heavy atom. The number of hydrogen-bond donors (Lipinski definition) is 2. The number of aromatic hydroxyl groups is 1. The number of carbonyl (C=O) groups is 2. The number of aliphatic hydroxyl groups excluding tert-OH is 1. The molecule has 0 bridgehead atoms. The van der Waals surface area contributed by atoms with Gasteiger partial charge in [0.25, 0.3) is 0 Å². The predicted octanol–water partition coefficient (Wildman–Crippen LogP) is 1.16. The first kappa shape index (κ1) is 17.7. The van der Waals surface area contributed by atoms with E-state index in [4.69, 9.17) is 0 Å². The van der Waals surface area contributed by atoms with Crippen LogP contribution in [-0.4, -0.2) is 64.6 Å². The van der Waals surface area contributed by atoms with Crippen molar-refractivity contribution in [1.29, 1.82) is 0 Å². The van der Waals surface area contributed by atoms with Crippen LogP contribution in [0.25, 0.3) is 0 Å². The summed E-state index contributed by atoms with van der Waals surface area (Å²) in [5.74, 6) is 0.395. The zero-order valence-electron chi connectivity index (χ0n) is 14.5. The molecule has 2 saturated heterocycles. The van der Waals surface area contributed by atoms with Crippen molar-refractivity contribution < 1.29 is 19.8 Å². The summed E-state index contributed by atoms with van der Waals surface area (Å²) >= 11 is 0. The lowest BCUT2D eigenvalue weighted by atomic mass is 9.73. The summed E-state index contributed by atoms with van der Waals surface area (Å²) < 4.78 is 0. The van der Waals surface area contributed by atoms with Crippen LogP contribution in [0.2, 0.25) is 0 Å². The number of β-amino-alcohol motifs (C(OH)–C–C–N with tert-alkyl or cyclic N) is 1. The Hall–Kier alpha value is -2.08. The molecule has 0 aromatic heterocycles. The molecule has 1 aromatic carbocycles. The summed E-state index contributed by atoms with van der Waals surface area (Å²) in [6, 6.07) is 6.74. The van der Waals surface area contributed by atoms with Crippen LogP contribution in [0.3, 0.4) is 0 Å². The monoisotopic (exact) mass is 346 g/mol. The molecule has 1 atom stereocenters. The first-order chi connectivity index (χ1) is 12.0. The average Bonchev–Trinajstić information content (AvgIpc) is 2.61. The van der Waals surface area contributed by atoms with Gasteiger partial charge in [0.05, 0.1) is 13.0 Å². The third-order valence-corrected chi connectivity index (χ3v) is 5.42. The molecule has 0 radical (unpaired) electrons. The average molecular weight is 346 g/mol. The molecule has 1 spiro atoms. The molecule has 6 heteroatoms. The zero-order chi connectivity index (χ0) is 17.9. The fraction of sp³-hybridized carbons (Fsp3) is 0.579. The molecule has 0 aliphatic carbocycles. The number of rotatable bonds is 4. The fourth-order valence-electron chi connectivity index (χ4n) is 4.08. The van der Waals surface area contributed by atoms with Crippen molar-refractivity contribution in [3.8, 4) is 5.75 Å². The van der Waals surface area contributed by atoms with E-state index < -0.39 is 0 Å². The molecule has 6 nitrogen and oxygen atoms in total. The van der Waals surface area contributed by atoms with Crippen molar-refractivity contribution in [3.63, 3.8) is 0 Å². The molecule has 1 aromatic rings. The summed E-state index contributed by atoms with van der Waals surface area (Å²) in [7, 11) is 0. The molecular weight excluding hydrogens is 320 g/mol. The fourth-order valence-corrected chi connectivity index (χ4v) is 4.08. The quantitative estimate of drug-likeness (QED) is 0.857. The third-order valence-electron chi connectivity index (χ3n) is 5.42. The molecule has 2 heterocycles. The van der Waals surface area contributed by atoms with Crippen LogP contribution < -0.4 is 0 Å². The Balaban J connectivity index is 1.64. The second kappa shape index (κ2) is 7.44. The summed E-state index contributed by atoms with van der Waals surface area (Å²) in [5.41, 5.74) is 0.856. The van der Waals surface area contributed by atoms with E-state index in [-0.39, 0.29) is 29.6 Å². The van der Waals surface area contributed by atoms with E-state index in [1.54, 1.807) is 29.2 Å². The highest BCUT2D eigenvalue weighted by atomic mass is 16.3. The molecule has 3 rings (SSSR count). The predicted molar refractivity (Wildman–Crippen MR) is 93.0 cm³/mol. The van der Waals surface area contributed by atoms with Gasteiger partial charge in [0.15, 0.2) is 0 Å². The largest absolute Gasteiger partial charge is 0.508 e. The smallest absolute Gasteiger partial charge is 0.227 e. The van der Waals surface area contributed by atoms with Crippen molar-refractivity contribution in [2.24, 2.45) is 5.41 Å². The molecule has 2 fully saturated rings. The summed E-state index contributed by atoms with van der Waals surface area (Å²) in [6.07, 6.45) is 3.61. The van der Waals surface area contributed by atoms with Gasteiger partial charge < -0.3 is 20.0 Å². The van der Waals surface area contributed by atoms with Gasteiger partial charge in [-0.05, 0) is 37.0 Å². The van der Waals surface area contributed by atoms with Crippen molar-refractivity contribution in [2.75, 3.05) is 32.8 Å². The molecule has 136 valence electrons. The van der Waals surface area contributed by atoms with Gasteiger partial charge >= 0.3 is 0 Å². The van der Waals surface area contributed by atoms with Crippen LogP contribution in [0.1, 0.15) is 31.2 Å². The number of carbonyl (C=O) groups excluding carboxylic acids is 2. The van der Waals surface area contributed by atoms with E-state index in [0.29, 0.717) is 32.5 Å². The maximum absolute atomic E-state index is 12.7. The number of benzene rings is 1. The van der Waals surface area contributed by atoms with Crippen LogP contribution in [-0.2, 0) is 16.0 Å². The number of phenolic OH excluding ortho intramolecular Hbond substituents is 1. The Kier molecular flexibility index (Phi) is 5.27. The number of hydrogen-bond acceptors (Lipinski definition) is 4. The lowest BCUT2D eigenvalue weighted by Gasteiger charge is -2.48. The van der Waals surface area contributed by atoms with Crippen molar-refractivity contribution in [3.05, 3.63) is 29.8 Å². The number of piperidine rings is 2. The van der Waals surface area contributed by atoms with Crippen LogP contribution >= 0.6 is 0 Å². The number of likely N-dealkylation sites (tertiary alicyclic amines) is 2. The number of phenols is 1. The first-order valence-electron chi connectivity index (χ1n) is 8.96. The van der Waals surface area contributed by atoms with E-state index in [0.717, 1.165) is 31.4 Å². The van der Waals surface area contributed by atoms with Crippen molar-refractivity contribution in [1.82, 2.24) is 9.80 Å². The van der Waals surface area contributed by atoms with Gasteiger partial charge in [0, 0.05) is 38.0 Å². The summed E-state index contributed by atoms with van der Waals surface area (Å²) in [6.45, 7) is 2.43. The molecule has 25 heavy (non-hydrogen) atoms. The van der Waals surface area contributed by atoms with Crippen LogP contribution in [0.15, 0.2) is 24.3 Å². The van der Waals surface area contributed by atoms with E-state index >= 15 is 0 Å². The SMILES string of the molecule is O=C1CCC2(CCCN(C(=O)Cc3ccc(O)cc3)C2)CN1CCO. The normalized spacial score (nSPS) is 24.0. The minimum Gasteiger partial charge on any atom is -0.508 e. The van der Waals surface area contributed by atoms with Crippen molar-refractivity contribution >= 4 is 11.8 Å². The molecule has 0 saturated carbocycles. The minimum atomic E-state index is -0.0358. The Bertz CT molecular complexity index is 631. The van der Waals surface area contributed by atoms with Crippen LogP contribution in [0.4, 0.5) is 0 Å². The second-order valence-electron chi connectivity index (χ2n) is 7.30. The van der Waals surface area contributed by atoms with Crippen LogP contribution in [0.5, 0.6) is 5.75 Å². The molecule has 2 aliphatic heterocycles. The van der Waals surface area contributed by atoms with Crippen molar-refractivity contribution in [2.45, 2.75) is 32.1 Å². The highest BCUT2D eigenvalue weighted by Crippen LogP contribution is 2.39. The standard InChI is InChI=1S/C19H26N2O4/c22-11-10-21-14-19(8-6-17(21)24)7-1-9-20(13-19)18(25)12-15-2-4-16(23)5-3-15/h2-5,22-23H,1,6-14H2. The Morgan fingerprint density at radius 1 is 1.16 bits per heavy atom. The molecule has 1 unspecified atom stereocenters. The molecule has 2 aliphatic rings. The first-order valence-corrected chi connectivity index (χ1v) is 8.96. The molecule has 2 amide bonds. The highest BCUT2D eigenvalue weighted by molar-refractivity contribution is 5.79. The molecule has 2 N–H and O–H groups in total.